The van der Waals surface area contributed by atoms with Crippen LogP contribution < -0.4 is 10.1 Å². The average Bonchev–Trinajstić information content (AvgIpc) is 3.41. The zero-order valence-electron chi connectivity index (χ0n) is 16.4. The number of aromatic nitrogens is 1. The van der Waals surface area contributed by atoms with E-state index < -0.39 is 0 Å². The minimum atomic E-state index is -0.177. The van der Waals surface area contributed by atoms with Crippen molar-refractivity contribution in [1.82, 2.24) is 4.98 Å². The van der Waals surface area contributed by atoms with Gasteiger partial charge >= 0.3 is 0 Å². The van der Waals surface area contributed by atoms with E-state index in [1.165, 1.54) is 6.26 Å². The lowest BCUT2D eigenvalue weighted by Gasteiger charge is -2.15. The summed E-state index contributed by atoms with van der Waals surface area (Å²) >= 11 is 0. The molecule has 1 N–H and O–H groups in total. The maximum atomic E-state index is 12.6. The first kappa shape index (κ1) is 19.2. The van der Waals surface area contributed by atoms with Gasteiger partial charge in [-0.1, -0.05) is 24.3 Å². The molecule has 6 heteroatoms. The summed E-state index contributed by atoms with van der Waals surface area (Å²) in [4.78, 5) is 17.0. The van der Waals surface area contributed by atoms with Crippen molar-refractivity contribution in [2.24, 2.45) is 0 Å². The molecule has 3 aromatic rings. The second-order valence-corrected chi connectivity index (χ2v) is 7.18. The van der Waals surface area contributed by atoms with E-state index in [9.17, 15) is 4.79 Å². The third kappa shape index (κ3) is 5.03. The van der Waals surface area contributed by atoms with Crippen molar-refractivity contribution >= 4 is 11.6 Å². The van der Waals surface area contributed by atoms with Crippen LogP contribution in [0.3, 0.4) is 0 Å². The van der Waals surface area contributed by atoms with Gasteiger partial charge in [-0.2, -0.15) is 0 Å². The Morgan fingerprint density at radius 1 is 1.24 bits per heavy atom. The molecule has 1 aliphatic heterocycles. The number of hydrogen-bond acceptors (Lipinski definition) is 5. The van der Waals surface area contributed by atoms with Crippen LogP contribution in [0.15, 0.2) is 59.2 Å². The van der Waals surface area contributed by atoms with Gasteiger partial charge in [0.2, 0.25) is 11.8 Å². The molecule has 0 spiro atoms. The van der Waals surface area contributed by atoms with Crippen molar-refractivity contribution in [3.8, 4) is 17.2 Å². The van der Waals surface area contributed by atoms with Crippen molar-refractivity contribution in [3.63, 3.8) is 0 Å². The molecular formula is C23H24N2O4. The standard InChI is InChI=1S/C23H24N2O4/c1-16-9-10-20(21(12-16)28-15-19-8-5-11-27-19)25-22(26)13-18-14-29-23(24-18)17-6-3-2-4-7-17/h2-4,6-7,9-10,12,14,19H,5,8,11,13,15H2,1H3,(H,25,26). The number of amides is 1. The van der Waals surface area contributed by atoms with Gasteiger partial charge in [0.05, 0.1) is 23.9 Å². The fraction of sp³-hybridized carbons (Fsp3) is 0.304. The van der Waals surface area contributed by atoms with Crippen LogP contribution in [0.25, 0.3) is 11.5 Å². The summed E-state index contributed by atoms with van der Waals surface area (Å²) in [5.74, 6) is 0.979. The predicted octanol–water partition coefficient (Wildman–Crippen LogP) is 4.39. The van der Waals surface area contributed by atoms with E-state index in [-0.39, 0.29) is 18.4 Å². The van der Waals surface area contributed by atoms with E-state index in [1.807, 2.05) is 55.5 Å². The third-order valence-electron chi connectivity index (χ3n) is 4.77. The van der Waals surface area contributed by atoms with E-state index in [0.717, 1.165) is 30.6 Å². The number of ether oxygens (including phenoxy) is 2. The van der Waals surface area contributed by atoms with Crippen LogP contribution >= 0.6 is 0 Å². The SMILES string of the molecule is Cc1ccc(NC(=O)Cc2coc(-c3ccccc3)n2)c(OCC2CCCO2)c1. The van der Waals surface area contributed by atoms with Gasteiger partial charge in [0.1, 0.15) is 18.6 Å². The van der Waals surface area contributed by atoms with Crippen LogP contribution in [0.5, 0.6) is 5.75 Å². The van der Waals surface area contributed by atoms with Crippen LogP contribution in [0.1, 0.15) is 24.1 Å². The zero-order valence-corrected chi connectivity index (χ0v) is 16.4. The van der Waals surface area contributed by atoms with Crippen LogP contribution in [0.2, 0.25) is 0 Å². The quantitative estimate of drug-likeness (QED) is 0.646. The number of carbonyl (C=O) groups excluding carboxylic acids is 1. The highest BCUT2D eigenvalue weighted by Gasteiger charge is 2.18. The van der Waals surface area contributed by atoms with E-state index in [1.54, 1.807) is 0 Å². The molecule has 1 aliphatic rings. The molecule has 1 amide bonds. The number of nitrogens with one attached hydrogen (secondary N) is 1. The molecular weight excluding hydrogens is 368 g/mol. The van der Waals surface area contributed by atoms with Gasteiger partial charge in [-0.25, -0.2) is 4.98 Å². The average molecular weight is 392 g/mol. The first-order valence-corrected chi connectivity index (χ1v) is 9.82. The fourth-order valence-corrected chi connectivity index (χ4v) is 3.27. The summed E-state index contributed by atoms with van der Waals surface area (Å²) in [6, 6.07) is 15.3. The lowest BCUT2D eigenvalue weighted by atomic mass is 10.2. The first-order chi connectivity index (χ1) is 14.2. The molecule has 2 aromatic carbocycles. The molecule has 29 heavy (non-hydrogen) atoms. The summed E-state index contributed by atoms with van der Waals surface area (Å²) in [5, 5.41) is 2.92. The molecule has 1 unspecified atom stereocenters. The Balaban J connectivity index is 1.40. The molecule has 0 radical (unpaired) electrons. The largest absolute Gasteiger partial charge is 0.489 e. The van der Waals surface area contributed by atoms with Crippen molar-refractivity contribution in [1.29, 1.82) is 0 Å². The Labute approximate surface area is 169 Å². The number of rotatable bonds is 7. The van der Waals surface area contributed by atoms with Crippen LogP contribution in [0, 0.1) is 6.92 Å². The molecule has 0 bridgehead atoms. The summed E-state index contributed by atoms with van der Waals surface area (Å²) in [7, 11) is 0. The number of nitrogens with zero attached hydrogens (tertiary/aromatic N) is 1. The molecule has 2 heterocycles. The Hall–Kier alpha value is -3.12. The monoisotopic (exact) mass is 392 g/mol. The Bertz CT molecular complexity index is 962. The van der Waals surface area contributed by atoms with E-state index in [0.29, 0.717) is 29.6 Å². The molecule has 150 valence electrons. The van der Waals surface area contributed by atoms with Crippen molar-refractivity contribution in [2.45, 2.75) is 32.3 Å². The summed E-state index contributed by atoms with van der Waals surface area (Å²) in [6.07, 6.45) is 3.82. The van der Waals surface area contributed by atoms with Gasteiger partial charge in [-0.15, -0.1) is 0 Å². The summed E-state index contributed by atoms with van der Waals surface area (Å²) < 4.78 is 17.1. The fourth-order valence-electron chi connectivity index (χ4n) is 3.27. The number of hydrogen-bond donors (Lipinski definition) is 1. The van der Waals surface area contributed by atoms with Crippen LogP contribution in [-0.2, 0) is 16.0 Å². The number of oxazole rings is 1. The molecule has 1 atom stereocenters. The van der Waals surface area contributed by atoms with E-state index >= 15 is 0 Å². The van der Waals surface area contributed by atoms with E-state index in [2.05, 4.69) is 10.3 Å². The molecule has 4 rings (SSSR count). The Kier molecular flexibility index (Phi) is 5.91. The second kappa shape index (κ2) is 8.92. The Morgan fingerprint density at radius 3 is 2.90 bits per heavy atom. The molecule has 0 saturated carbocycles. The molecule has 1 saturated heterocycles. The highest BCUT2D eigenvalue weighted by Crippen LogP contribution is 2.27. The first-order valence-electron chi connectivity index (χ1n) is 9.82. The van der Waals surface area contributed by atoms with Gasteiger partial charge in [0.25, 0.3) is 0 Å². The molecule has 0 aliphatic carbocycles. The number of benzene rings is 2. The van der Waals surface area contributed by atoms with Gasteiger partial charge in [0, 0.05) is 12.2 Å². The molecule has 6 nitrogen and oxygen atoms in total. The lowest BCUT2D eigenvalue weighted by molar-refractivity contribution is -0.115. The van der Waals surface area contributed by atoms with Crippen molar-refractivity contribution in [2.75, 3.05) is 18.5 Å². The van der Waals surface area contributed by atoms with Gasteiger partial charge in [0.15, 0.2) is 0 Å². The maximum absolute atomic E-state index is 12.6. The Morgan fingerprint density at radius 2 is 2.10 bits per heavy atom. The smallest absolute Gasteiger partial charge is 0.230 e. The number of anilines is 1. The minimum absolute atomic E-state index is 0.116. The topological polar surface area (TPSA) is 73.6 Å². The normalized spacial score (nSPS) is 16.0. The van der Waals surface area contributed by atoms with E-state index in [4.69, 9.17) is 13.9 Å². The second-order valence-electron chi connectivity index (χ2n) is 7.18. The molecule has 1 aromatic heterocycles. The van der Waals surface area contributed by atoms with Crippen LogP contribution in [-0.4, -0.2) is 30.2 Å². The van der Waals surface area contributed by atoms with Crippen LogP contribution in [0.4, 0.5) is 5.69 Å². The zero-order chi connectivity index (χ0) is 20.1. The van der Waals surface area contributed by atoms with Gasteiger partial charge in [-0.05, 0) is 49.6 Å². The van der Waals surface area contributed by atoms with Gasteiger partial charge in [-0.3, -0.25) is 4.79 Å². The lowest BCUT2D eigenvalue weighted by Crippen LogP contribution is -2.19. The van der Waals surface area contributed by atoms with Crippen molar-refractivity contribution < 1.29 is 18.7 Å². The highest BCUT2D eigenvalue weighted by atomic mass is 16.5. The third-order valence-corrected chi connectivity index (χ3v) is 4.77. The maximum Gasteiger partial charge on any atom is 0.230 e. The summed E-state index contributed by atoms with van der Waals surface area (Å²) in [6.45, 7) is 3.26. The minimum Gasteiger partial charge on any atom is -0.489 e. The summed E-state index contributed by atoms with van der Waals surface area (Å²) in [5.41, 5.74) is 3.16. The van der Waals surface area contributed by atoms with Crippen molar-refractivity contribution in [3.05, 3.63) is 66.1 Å². The predicted molar refractivity (Wildman–Crippen MR) is 110 cm³/mol. The number of carbonyl (C=O) groups is 1. The number of aryl methyl sites for hydroxylation is 1. The highest BCUT2D eigenvalue weighted by molar-refractivity contribution is 5.93. The van der Waals surface area contributed by atoms with Gasteiger partial charge < -0.3 is 19.2 Å². The molecule has 1 fully saturated rings.